The minimum atomic E-state index is -0.267. The number of hydrogen-bond acceptors (Lipinski definition) is 3. The number of carbonyl (C=O) groups excluding carboxylic acids is 1. The first-order chi connectivity index (χ1) is 8.41. The predicted molar refractivity (Wildman–Crippen MR) is 72.9 cm³/mol. The Hall–Kier alpha value is -1.51. The van der Waals surface area contributed by atoms with Gasteiger partial charge in [0.2, 0.25) is 0 Å². The third-order valence-electron chi connectivity index (χ3n) is 3.52. The summed E-state index contributed by atoms with van der Waals surface area (Å²) < 4.78 is 5.27. The lowest BCUT2D eigenvalue weighted by molar-refractivity contribution is 0.0377. The van der Waals surface area contributed by atoms with Crippen molar-refractivity contribution in [1.29, 1.82) is 0 Å². The Morgan fingerprint density at radius 3 is 2.44 bits per heavy atom. The van der Waals surface area contributed by atoms with Crippen molar-refractivity contribution in [3.8, 4) is 0 Å². The van der Waals surface area contributed by atoms with Crippen LogP contribution in [0, 0.1) is 13.8 Å². The summed E-state index contributed by atoms with van der Waals surface area (Å²) in [5.74, 6) is 0.314. The highest BCUT2D eigenvalue weighted by molar-refractivity contribution is 5.93. The third kappa shape index (κ3) is 2.35. The van der Waals surface area contributed by atoms with Crippen LogP contribution in [0.25, 0.3) is 0 Å². The van der Waals surface area contributed by atoms with Gasteiger partial charge < -0.3 is 10.5 Å². The van der Waals surface area contributed by atoms with E-state index in [1.807, 2.05) is 33.8 Å². The molecule has 1 fully saturated rings. The fourth-order valence-electron chi connectivity index (χ4n) is 2.26. The molecule has 3 nitrogen and oxygen atoms in total. The maximum Gasteiger partial charge on any atom is 0.338 e. The zero-order chi connectivity index (χ0) is 13.4. The molecule has 0 saturated heterocycles. The molecule has 0 unspecified atom stereocenters. The van der Waals surface area contributed by atoms with E-state index in [2.05, 4.69) is 0 Å². The fraction of sp³-hybridized carbons (Fsp3) is 0.533. The Bertz CT molecular complexity index is 488. The lowest BCUT2D eigenvalue weighted by Gasteiger charge is -2.16. The topological polar surface area (TPSA) is 52.3 Å². The number of esters is 1. The quantitative estimate of drug-likeness (QED) is 0.658. The van der Waals surface area contributed by atoms with E-state index in [4.69, 9.17) is 10.5 Å². The van der Waals surface area contributed by atoms with Gasteiger partial charge in [-0.2, -0.15) is 0 Å². The van der Waals surface area contributed by atoms with Crippen molar-refractivity contribution in [2.24, 2.45) is 0 Å². The van der Waals surface area contributed by atoms with Crippen LogP contribution < -0.4 is 5.73 Å². The molecule has 0 heterocycles. The Kier molecular flexibility index (Phi) is 3.33. The zero-order valence-corrected chi connectivity index (χ0v) is 11.5. The van der Waals surface area contributed by atoms with Crippen molar-refractivity contribution in [1.82, 2.24) is 0 Å². The maximum atomic E-state index is 12.1. The van der Waals surface area contributed by atoms with Gasteiger partial charge in [0.15, 0.2) is 0 Å². The van der Waals surface area contributed by atoms with Crippen LogP contribution in [-0.4, -0.2) is 12.1 Å². The van der Waals surface area contributed by atoms with E-state index < -0.39 is 0 Å². The normalized spacial score (nSPS) is 14.9. The van der Waals surface area contributed by atoms with Gasteiger partial charge in [-0.3, -0.25) is 0 Å². The molecule has 3 heteroatoms. The van der Waals surface area contributed by atoms with Crippen LogP contribution in [0.2, 0.25) is 0 Å². The van der Waals surface area contributed by atoms with Gasteiger partial charge in [0.25, 0.3) is 0 Å². The molecule has 2 N–H and O–H groups in total. The van der Waals surface area contributed by atoms with Crippen LogP contribution >= 0.6 is 0 Å². The molecule has 98 valence electrons. The maximum absolute atomic E-state index is 12.1. The molecule has 1 aliphatic carbocycles. The van der Waals surface area contributed by atoms with E-state index in [1.54, 1.807) is 0 Å². The molecule has 1 saturated carbocycles. The summed E-state index contributed by atoms with van der Waals surface area (Å²) in [5.41, 5.74) is 10.6. The Morgan fingerprint density at radius 1 is 1.33 bits per heavy atom. The standard InChI is InChI=1S/C15H21NO2/c1-8(2)18-15(17)13-7-12(11-5-6-11)9(3)14(16)10(13)4/h7-8,11H,5-6,16H2,1-4H3. The Labute approximate surface area is 108 Å². The van der Waals surface area contributed by atoms with Crippen molar-refractivity contribution in [3.05, 3.63) is 28.3 Å². The highest BCUT2D eigenvalue weighted by Crippen LogP contribution is 2.44. The second kappa shape index (κ2) is 4.63. The minimum absolute atomic E-state index is 0.108. The predicted octanol–water partition coefficient (Wildman–Crippen LogP) is 3.33. The van der Waals surface area contributed by atoms with Crippen molar-refractivity contribution < 1.29 is 9.53 Å². The summed E-state index contributed by atoms with van der Waals surface area (Å²) in [7, 11) is 0. The average molecular weight is 247 g/mol. The number of hydrogen-bond donors (Lipinski definition) is 1. The lowest BCUT2D eigenvalue weighted by Crippen LogP contribution is -2.15. The largest absolute Gasteiger partial charge is 0.459 e. The van der Waals surface area contributed by atoms with Crippen LogP contribution in [0.1, 0.15) is 59.7 Å². The van der Waals surface area contributed by atoms with Crippen LogP contribution in [0.3, 0.4) is 0 Å². The smallest absolute Gasteiger partial charge is 0.338 e. The van der Waals surface area contributed by atoms with Gasteiger partial charge in [0, 0.05) is 5.69 Å². The zero-order valence-electron chi connectivity index (χ0n) is 11.5. The number of carbonyl (C=O) groups is 1. The first kappa shape index (κ1) is 12.9. The number of nitrogens with two attached hydrogens (primary N) is 1. The molecule has 0 aromatic heterocycles. The summed E-state index contributed by atoms with van der Waals surface area (Å²) in [5, 5.41) is 0. The van der Waals surface area contributed by atoms with Gasteiger partial charge in [-0.05, 0) is 69.2 Å². The molecule has 0 bridgehead atoms. The molecule has 1 aliphatic rings. The highest BCUT2D eigenvalue weighted by atomic mass is 16.5. The van der Waals surface area contributed by atoms with Gasteiger partial charge in [-0.15, -0.1) is 0 Å². The average Bonchev–Trinajstić information content (AvgIpc) is 3.09. The van der Waals surface area contributed by atoms with Gasteiger partial charge in [0.05, 0.1) is 11.7 Å². The van der Waals surface area contributed by atoms with Crippen LogP contribution in [0.4, 0.5) is 5.69 Å². The Morgan fingerprint density at radius 2 is 1.94 bits per heavy atom. The van der Waals surface area contributed by atoms with E-state index in [1.165, 1.54) is 18.4 Å². The molecule has 0 radical (unpaired) electrons. The van der Waals surface area contributed by atoms with Crippen LogP contribution in [0.15, 0.2) is 6.07 Å². The summed E-state index contributed by atoms with van der Waals surface area (Å²) in [6.07, 6.45) is 2.29. The molecule has 0 aliphatic heterocycles. The molecular formula is C15H21NO2. The first-order valence-corrected chi connectivity index (χ1v) is 6.52. The number of ether oxygens (including phenoxy) is 1. The Balaban J connectivity index is 2.43. The number of rotatable bonds is 3. The summed E-state index contributed by atoms with van der Waals surface area (Å²) >= 11 is 0. The van der Waals surface area contributed by atoms with Crippen LogP contribution in [-0.2, 0) is 4.74 Å². The third-order valence-corrected chi connectivity index (χ3v) is 3.52. The SMILES string of the molecule is Cc1c(C(=O)OC(C)C)cc(C2CC2)c(C)c1N. The van der Waals surface area contributed by atoms with Crippen LogP contribution in [0.5, 0.6) is 0 Å². The molecule has 0 spiro atoms. The molecule has 0 amide bonds. The van der Waals surface area contributed by atoms with Crippen molar-refractivity contribution in [3.63, 3.8) is 0 Å². The van der Waals surface area contributed by atoms with E-state index in [9.17, 15) is 4.79 Å². The fourth-order valence-corrected chi connectivity index (χ4v) is 2.26. The molecule has 0 atom stereocenters. The van der Waals surface area contributed by atoms with Gasteiger partial charge in [-0.25, -0.2) is 4.79 Å². The summed E-state index contributed by atoms with van der Waals surface area (Å²) in [4.78, 5) is 12.1. The van der Waals surface area contributed by atoms with Crippen molar-refractivity contribution >= 4 is 11.7 Å². The van der Waals surface area contributed by atoms with Gasteiger partial charge in [-0.1, -0.05) is 0 Å². The van der Waals surface area contributed by atoms with E-state index >= 15 is 0 Å². The second-order valence-corrected chi connectivity index (χ2v) is 5.41. The lowest BCUT2D eigenvalue weighted by atomic mass is 9.95. The number of nitrogen functional groups attached to an aromatic ring is 1. The molecular weight excluding hydrogens is 226 g/mol. The first-order valence-electron chi connectivity index (χ1n) is 6.52. The monoisotopic (exact) mass is 247 g/mol. The number of benzene rings is 1. The molecule has 18 heavy (non-hydrogen) atoms. The van der Waals surface area contributed by atoms with E-state index in [0.717, 1.165) is 16.8 Å². The molecule has 1 aromatic rings. The van der Waals surface area contributed by atoms with Gasteiger partial charge in [0.1, 0.15) is 0 Å². The van der Waals surface area contributed by atoms with Crippen molar-refractivity contribution in [2.75, 3.05) is 5.73 Å². The minimum Gasteiger partial charge on any atom is -0.459 e. The summed E-state index contributed by atoms with van der Waals surface area (Å²) in [6, 6.07) is 1.98. The molecule has 2 rings (SSSR count). The number of anilines is 1. The highest BCUT2D eigenvalue weighted by Gasteiger charge is 2.28. The second-order valence-electron chi connectivity index (χ2n) is 5.41. The van der Waals surface area contributed by atoms with Gasteiger partial charge >= 0.3 is 5.97 Å². The van der Waals surface area contributed by atoms with E-state index in [0.29, 0.717) is 11.5 Å². The van der Waals surface area contributed by atoms with Crippen molar-refractivity contribution in [2.45, 2.75) is 52.6 Å². The summed E-state index contributed by atoms with van der Waals surface area (Å²) in [6.45, 7) is 7.63. The van der Waals surface area contributed by atoms with E-state index in [-0.39, 0.29) is 12.1 Å². The molecule has 1 aromatic carbocycles.